The lowest BCUT2D eigenvalue weighted by atomic mass is 9.94. The zero-order chi connectivity index (χ0) is 18.4. The maximum Gasteiger partial charge on any atom is 0.253 e. The summed E-state index contributed by atoms with van der Waals surface area (Å²) in [6.45, 7) is 5.97. The molecule has 6 heteroatoms. The second-order valence-corrected chi connectivity index (χ2v) is 6.92. The van der Waals surface area contributed by atoms with Crippen LogP contribution in [-0.2, 0) is 4.79 Å². The number of halogens is 1. The molecular weight excluding hydrogens is 338 g/mol. The Kier molecular flexibility index (Phi) is 6.83. The van der Waals surface area contributed by atoms with Crippen LogP contribution in [0.25, 0.3) is 0 Å². The number of hydrogen-bond donors (Lipinski definition) is 0. The van der Waals surface area contributed by atoms with Gasteiger partial charge in [-0.3, -0.25) is 9.59 Å². The molecule has 1 unspecified atom stereocenters. The number of likely N-dealkylation sites (tertiary alicyclic amines) is 1. The molecule has 0 radical (unpaired) electrons. The molecule has 0 saturated carbocycles. The third kappa shape index (κ3) is 4.96. The lowest BCUT2D eigenvalue weighted by molar-refractivity contribution is -0.137. The van der Waals surface area contributed by atoms with Gasteiger partial charge >= 0.3 is 0 Å². The van der Waals surface area contributed by atoms with Crippen LogP contribution in [-0.4, -0.2) is 47.8 Å². The van der Waals surface area contributed by atoms with Gasteiger partial charge in [-0.1, -0.05) is 11.6 Å². The highest BCUT2D eigenvalue weighted by Gasteiger charge is 2.30. The second kappa shape index (κ2) is 8.87. The summed E-state index contributed by atoms with van der Waals surface area (Å²) in [5.41, 5.74) is 0.618. The monoisotopic (exact) mass is 361 g/mol. The van der Waals surface area contributed by atoms with E-state index in [0.29, 0.717) is 49.6 Å². The van der Waals surface area contributed by atoms with Gasteiger partial charge in [-0.25, -0.2) is 0 Å². The standard InChI is InChI=1S/C19H24ClN3O2/c1-3-22(13-14(2)12-21)18(24)16-8-10-23(11-9-16)19(25)15-4-6-17(20)7-5-15/h4-7,14,16H,3,8-11,13H2,1-2H3. The molecule has 1 aliphatic rings. The van der Waals surface area contributed by atoms with Gasteiger partial charge in [-0.15, -0.1) is 0 Å². The molecule has 0 N–H and O–H groups in total. The first-order valence-corrected chi connectivity index (χ1v) is 9.07. The van der Waals surface area contributed by atoms with Crippen molar-refractivity contribution in [1.82, 2.24) is 9.80 Å². The molecule has 0 aliphatic carbocycles. The van der Waals surface area contributed by atoms with Crippen LogP contribution >= 0.6 is 11.6 Å². The van der Waals surface area contributed by atoms with Crippen LogP contribution in [0.4, 0.5) is 0 Å². The predicted octanol–water partition coefficient (Wildman–Crippen LogP) is 3.20. The van der Waals surface area contributed by atoms with E-state index < -0.39 is 0 Å². The molecule has 1 fully saturated rings. The summed E-state index contributed by atoms with van der Waals surface area (Å²) in [4.78, 5) is 28.7. The number of hydrogen-bond acceptors (Lipinski definition) is 3. The molecule has 0 spiro atoms. The van der Waals surface area contributed by atoms with E-state index in [1.54, 1.807) is 34.1 Å². The lowest BCUT2D eigenvalue weighted by Crippen LogP contribution is -2.45. The first-order valence-electron chi connectivity index (χ1n) is 8.69. The highest BCUT2D eigenvalue weighted by atomic mass is 35.5. The molecule has 5 nitrogen and oxygen atoms in total. The topological polar surface area (TPSA) is 64.4 Å². The van der Waals surface area contributed by atoms with Crippen molar-refractivity contribution in [3.8, 4) is 6.07 Å². The van der Waals surface area contributed by atoms with E-state index in [0.717, 1.165) is 0 Å². The van der Waals surface area contributed by atoms with Gasteiger partial charge in [0, 0.05) is 42.7 Å². The number of rotatable bonds is 5. The predicted molar refractivity (Wildman–Crippen MR) is 97.1 cm³/mol. The largest absolute Gasteiger partial charge is 0.341 e. The van der Waals surface area contributed by atoms with E-state index >= 15 is 0 Å². The van der Waals surface area contributed by atoms with E-state index in [1.165, 1.54) is 0 Å². The minimum absolute atomic E-state index is 0.0204. The maximum atomic E-state index is 12.7. The molecule has 0 bridgehead atoms. The number of benzene rings is 1. The van der Waals surface area contributed by atoms with E-state index in [4.69, 9.17) is 16.9 Å². The van der Waals surface area contributed by atoms with Crippen LogP contribution in [0, 0.1) is 23.2 Å². The smallest absolute Gasteiger partial charge is 0.253 e. The maximum absolute atomic E-state index is 12.7. The minimum atomic E-state index is -0.171. The van der Waals surface area contributed by atoms with Crippen molar-refractivity contribution in [2.24, 2.45) is 11.8 Å². The van der Waals surface area contributed by atoms with Crippen molar-refractivity contribution in [3.05, 3.63) is 34.9 Å². The van der Waals surface area contributed by atoms with Gasteiger partial charge in [0.2, 0.25) is 5.91 Å². The van der Waals surface area contributed by atoms with Crippen molar-refractivity contribution in [2.75, 3.05) is 26.2 Å². The Morgan fingerprint density at radius 1 is 1.32 bits per heavy atom. The Balaban J connectivity index is 1.92. The van der Waals surface area contributed by atoms with Crippen LogP contribution in [0.5, 0.6) is 0 Å². The van der Waals surface area contributed by atoms with Crippen LogP contribution in [0.2, 0.25) is 5.02 Å². The number of piperidine rings is 1. The van der Waals surface area contributed by atoms with E-state index in [9.17, 15) is 9.59 Å². The van der Waals surface area contributed by atoms with Gasteiger partial charge < -0.3 is 9.80 Å². The number of carbonyl (C=O) groups is 2. The van der Waals surface area contributed by atoms with E-state index in [-0.39, 0.29) is 23.7 Å². The van der Waals surface area contributed by atoms with E-state index in [1.807, 2.05) is 13.8 Å². The first-order chi connectivity index (χ1) is 12.0. The normalized spacial score (nSPS) is 16.2. The quantitative estimate of drug-likeness (QED) is 0.808. The number of carbonyl (C=O) groups excluding carboxylic acids is 2. The molecule has 0 aromatic heterocycles. The Labute approximate surface area is 154 Å². The van der Waals surface area contributed by atoms with Gasteiger partial charge in [0.1, 0.15) is 0 Å². The third-order valence-corrected chi connectivity index (χ3v) is 4.88. The molecule has 1 aromatic carbocycles. The molecule has 2 amide bonds. The molecule has 2 rings (SSSR count). The van der Waals surface area contributed by atoms with Crippen molar-refractivity contribution >= 4 is 23.4 Å². The molecule has 134 valence electrons. The summed E-state index contributed by atoms with van der Waals surface area (Å²) in [5.74, 6) is -0.160. The minimum Gasteiger partial charge on any atom is -0.341 e. The molecule has 1 aliphatic heterocycles. The third-order valence-electron chi connectivity index (χ3n) is 4.63. The fraction of sp³-hybridized carbons (Fsp3) is 0.526. The molecule has 1 atom stereocenters. The van der Waals surface area contributed by atoms with Gasteiger partial charge in [0.05, 0.1) is 12.0 Å². The fourth-order valence-electron chi connectivity index (χ4n) is 3.11. The Hall–Kier alpha value is -2.06. The molecule has 1 aromatic rings. The zero-order valence-corrected chi connectivity index (χ0v) is 15.5. The van der Waals surface area contributed by atoms with Crippen LogP contribution in [0.15, 0.2) is 24.3 Å². The van der Waals surface area contributed by atoms with Crippen LogP contribution in [0.3, 0.4) is 0 Å². The SMILES string of the molecule is CCN(CC(C)C#N)C(=O)C1CCN(C(=O)c2ccc(Cl)cc2)CC1. The summed E-state index contributed by atoms with van der Waals surface area (Å²) >= 11 is 5.86. The van der Waals surface area contributed by atoms with Crippen LogP contribution < -0.4 is 0 Å². The van der Waals surface area contributed by atoms with Gasteiger partial charge in [-0.05, 0) is 51.0 Å². The van der Waals surface area contributed by atoms with Crippen molar-refractivity contribution < 1.29 is 9.59 Å². The van der Waals surface area contributed by atoms with Crippen molar-refractivity contribution in [2.45, 2.75) is 26.7 Å². The number of nitrogens with zero attached hydrogens (tertiary/aromatic N) is 3. The van der Waals surface area contributed by atoms with E-state index in [2.05, 4.69) is 6.07 Å². The van der Waals surface area contributed by atoms with Crippen LogP contribution in [0.1, 0.15) is 37.0 Å². The van der Waals surface area contributed by atoms with Crippen molar-refractivity contribution in [1.29, 1.82) is 5.26 Å². The fourth-order valence-corrected chi connectivity index (χ4v) is 3.24. The summed E-state index contributed by atoms with van der Waals surface area (Å²) < 4.78 is 0. The molecule has 1 saturated heterocycles. The van der Waals surface area contributed by atoms with Gasteiger partial charge in [0.15, 0.2) is 0 Å². The average molecular weight is 362 g/mol. The average Bonchev–Trinajstić information content (AvgIpc) is 2.65. The second-order valence-electron chi connectivity index (χ2n) is 6.48. The Morgan fingerprint density at radius 3 is 2.44 bits per heavy atom. The van der Waals surface area contributed by atoms with Gasteiger partial charge in [-0.2, -0.15) is 5.26 Å². The first kappa shape index (κ1) is 19.3. The highest BCUT2D eigenvalue weighted by Crippen LogP contribution is 2.22. The Morgan fingerprint density at radius 2 is 1.92 bits per heavy atom. The zero-order valence-electron chi connectivity index (χ0n) is 14.7. The molecular formula is C19H24ClN3O2. The Bertz CT molecular complexity index is 646. The summed E-state index contributed by atoms with van der Waals surface area (Å²) in [6.07, 6.45) is 1.32. The number of amides is 2. The van der Waals surface area contributed by atoms with Crippen molar-refractivity contribution in [3.63, 3.8) is 0 Å². The highest BCUT2D eigenvalue weighted by molar-refractivity contribution is 6.30. The number of nitriles is 1. The summed E-state index contributed by atoms with van der Waals surface area (Å²) in [6, 6.07) is 9.05. The summed E-state index contributed by atoms with van der Waals surface area (Å²) in [7, 11) is 0. The van der Waals surface area contributed by atoms with Gasteiger partial charge in [0.25, 0.3) is 5.91 Å². The molecule has 25 heavy (non-hydrogen) atoms. The lowest BCUT2D eigenvalue weighted by Gasteiger charge is -2.34. The molecule has 1 heterocycles. The summed E-state index contributed by atoms with van der Waals surface area (Å²) in [5, 5.41) is 9.56.